The average molecular weight is 510 g/mol. The summed E-state index contributed by atoms with van der Waals surface area (Å²) in [4.78, 5) is 38.4. The molecule has 1 saturated heterocycles. The molecule has 2 amide bonds. The lowest BCUT2D eigenvalue weighted by Crippen LogP contribution is -2.42. The average Bonchev–Trinajstić information content (AvgIpc) is 3.63. The number of halogens is 1. The largest absolute Gasteiger partial charge is 0.493 e. The van der Waals surface area contributed by atoms with Crippen molar-refractivity contribution < 1.29 is 23.6 Å². The fraction of sp³-hybridized carbons (Fsp3) is 0.500. The van der Waals surface area contributed by atoms with Gasteiger partial charge in [0.05, 0.1) is 17.1 Å². The first-order valence-electron chi connectivity index (χ1n) is 13.0. The van der Waals surface area contributed by atoms with Crippen LogP contribution in [0.2, 0.25) is 0 Å². The second-order valence-corrected chi connectivity index (χ2v) is 10.8. The zero-order valence-corrected chi connectivity index (χ0v) is 21.0. The molecule has 1 heterocycles. The number of carbonyl (C=O) groups is 2. The van der Waals surface area contributed by atoms with Gasteiger partial charge in [0, 0.05) is 36.3 Å². The van der Waals surface area contributed by atoms with Crippen molar-refractivity contribution in [3.63, 3.8) is 0 Å². The summed E-state index contributed by atoms with van der Waals surface area (Å²) in [6, 6.07) is 9.30. The fourth-order valence-corrected chi connectivity index (χ4v) is 5.67. The van der Waals surface area contributed by atoms with E-state index in [0.29, 0.717) is 24.6 Å². The summed E-state index contributed by atoms with van der Waals surface area (Å²) in [6.07, 6.45) is 6.53. The number of nitro groups is 1. The van der Waals surface area contributed by atoms with Crippen LogP contribution in [-0.2, 0) is 0 Å². The van der Waals surface area contributed by atoms with Gasteiger partial charge in [0.15, 0.2) is 0 Å². The first-order valence-corrected chi connectivity index (χ1v) is 13.0. The van der Waals surface area contributed by atoms with Crippen molar-refractivity contribution in [3.05, 3.63) is 69.0 Å². The second kappa shape index (κ2) is 10.1. The van der Waals surface area contributed by atoms with Crippen molar-refractivity contribution >= 4 is 17.5 Å². The number of nitro benzene ring substituents is 1. The highest BCUT2D eigenvalue weighted by Crippen LogP contribution is 2.44. The topological polar surface area (TPSA) is 102 Å². The molecule has 0 atom stereocenters. The number of likely N-dealkylation sites (tertiary alicyclic amines) is 1. The molecule has 9 heteroatoms. The lowest BCUT2D eigenvalue weighted by Gasteiger charge is -2.37. The van der Waals surface area contributed by atoms with Gasteiger partial charge in [-0.15, -0.1) is 0 Å². The number of carbonyl (C=O) groups excluding carboxylic acids is 2. The molecule has 8 nitrogen and oxygen atoms in total. The number of nitrogens with one attached hydrogen (secondary N) is 1. The Labute approximate surface area is 215 Å². The number of benzene rings is 2. The SMILES string of the molecule is Cc1c([N+](=O)[O-])ccc(F)c1C(=O)NC1CCC2(CC1)CCN(C(=O)c1ccc(OCC3CC3)cc1)C2. The van der Waals surface area contributed by atoms with E-state index in [4.69, 9.17) is 4.74 Å². The van der Waals surface area contributed by atoms with Gasteiger partial charge in [0.2, 0.25) is 0 Å². The zero-order chi connectivity index (χ0) is 26.2. The molecule has 1 spiro atoms. The van der Waals surface area contributed by atoms with Gasteiger partial charge in [-0.05, 0) is 93.5 Å². The van der Waals surface area contributed by atoms with Crippen LogP contribution in [0.15, 0.2) is 36.4 Å². The Kier molecular flexibility index (Phi) is 6.88. The van der Waals surface area contributed by atoms with Gasteiger partial charge in [-0.25, -0.2) is 4.39 Å². The molecular formula is C28H32FN3O5. The number of rotatable bonds is 7. The minimum atomic E-state index is -0.764. The van der Waals surface area contributed by atoms with Gasteiger partial charge in [-0.3, -0.25) is 19.7 Å². The lowest BCUT2D eigenvalue weighted by molar-refractivity contribution is -0.385. The van der Waals surface area contributed by atoms with Crippen LogP contribution in [0, 0.1) is 34.2 Å². The van der Waals surface area contributed by atoms with Gasteiger partial charge in [0.1, 0.15) is 11.6 Å². The molecule has 5 rings (SSSR count). The molecule has 0 unspecified atom stereocenters. The predicted octanol–water partition coefficient (Wildman–Crippen LogP) is 5.04. The van der Waals surface area contributed by atoms with Crippen LogP contribution in [0.5, 0.6) is 5.75 Å². The third kappa shape index (κ3) is 5.45. The number of amides is 2. The van der Waals surface area contributed by atoms with Crippen molar-refractivity contribution in [1.82, 2.24) is 10.2 Å². The molecule has 2 aromatic rings. The van der Waals surface area contributed by atoms with Crippen LogP contribution in [0.4, 0.5) is 10.1 Å². The molecule has 2 aromatic carbocycles. The Morgan fingerprint density at radius 1 is 1.11 bits per heavy atom. The smallest absolute Gasteiger partial charge is 0.273 e. The van der Waals surface area contributed by atoms with E-state index < -0.39 is 16.6 Å². The molecule has 0 aromatic heterocycles. The van der Waals surface area contributed by atoms with Crippen LogP contribution in [0.3, 0.4) is 0 Å². The van der Waals surface area contributed by atoms with Crippen LogP contribution in [0.1, 0.15) is 71.2 Å². The Bertz CT molecular complexity index is 1200. The molecule has 1 aliphatic heterocycles. The minimum Gasteiger partial charge on any atom is -0.493 e. The maximum absolute atomic E-state index is 14.4. The highest BCUT2D eigenvalue weighted by Gasteiger charge is 2.43. The summed E-state index contributed by atoms with van der Waals surface area (Å²) < 4.78 is 20.1. The maximum atomic E-state index is 14.4. The second-order valence-electron chi connectivity index (χ2n) is 10.8. The molecule has 3 aliphatic rings. The van der Waals surface area contributed by atoms with Crippen molar-refractivity contribution in [2.24, 2.45) is 11.3 Å². The normalized spacial score (nSPS) is 23.2. The van der Waals surface area contributed by atoms with Crippen molar-refractivity contribution in [2.45, 2.75) is 57.9 Å². The van der Waals surface area contributed by atoms with Gasteiger partial charge in [0.25, 0.3) is 17.5 Å². The van der Waals surface area contributed by atoms with E-state index in [1.807, 2.05) is 29.2 Å². The number of nitrogens with zero attached hydrogens (tertiary/aromatic N) is 2. The molecule has 0 radical (unpaired) electrons. The van der Waals surface area contributed by atoms with Crippen molar-refractivity contribution in [2.75, 3.05) is 19.7 Å². The van der Waals surface area contributed by atoms with Crippen LogP contribution >= 0.6 is 0 Å². The third-order valence-electron chi connectivity index (χ3n) is 8.20. The van der Waals surface area contributed by atoms with Crippen molar-refractivity contribution in [3.8, 4) is 5.75 Å². The van der Waals surface area contributed by atoms with E-state index in [2.05, 4.69) is 5.32 Å². The summed E-state index contributed by atoms with van der Waals surface area (Å²) in [5, 5.41) is 14.1. The lowest BCUT2D eigenvalue weighted by atomic mass is 9.72. The van der Waals surface area contributed by atoms with E-state index in [1.165, 1.54) is 19.8 Å². The summed E-state index contributed by atoms with van der Waals surface area (Å²) in [5.74, 6) is 0.114. The minimum absolute atomic E-state index is 0.0247. The van der Waals surface area contributed by atoms with Crippen LogP contribution < -0.4 is 10.1 Å². The standard InChI is InChI=1S/C28H32FN3O5/c1-18-24(32(35)36)9-8-23(29)25(18)26(33)30-21-10-12-28(13-11-21)14-15-31(17-28)27(34)20-4-6-22(7-5-20)37-16-19-2-3-19/h4-9,19,21H,2-3,10-17H2,1H3,(H,30,33). The Balaban J connectivity index is 1.14. The Morgan fingerprint density at radius 3 is 2.46 bits per heavy atom. The molecule has 2 saturated carbocycles. The number of ether oxygens (including phenoxy) is 1. The molecular weight excluding hydrogens is 477 g/mol. The first kappa shape index (κ1) is 25.2. The first-order chi connectivity index (χ1) is 17.7. The van der Waals surface area contributed by atoms with Gasteiger partial charge >= 0.3 is 0 Å². The summed E-state index contributed by atoms with van der Waals surface area (Å²) >= 11 is 0. The maximum Gasteiger partial charge on any atom is 0.273 e. The number of hydrogen-bond donors (Lipinski definition) is 1. The van der Waals surface area contributed by atoms with E-state index >= 15 is 0 Å². The van der Waals surface area contributed by atoms with E-state index in [9.17, 15) is 24.1 Å². The Morgan fingerprint density at radius 2 is 1.81 bits per heavy atom. The highest BCUT2D eigenvalue weighted by molar-refractivity contribution is 5.97. The summed E-state index contributed by atoms with van der Waals surface area (Å²) in [5.41, 5.74) is 0.173. The third-order valence-corrected chi connectivity index (χ3v) is 8.20. The van der Waals surface area contributed by atoms with E-state index in [0.717, 1.165) is 56.6 Å². The van der Waals surface area contributed by atoms with Gasteiger partial charge in [-0.2, -0.15) is 0 Å². The van der Waals surface area contributed by atoms with Crippen LogP contribution in [0.25, 0.3) is 0 Å². The van der Waals surface area contributed by atoms with E-state index in [1.54, 1.807) is 0 Å². The number of hydrogen-bond acceptors (Lipinski definition) is 5. The molecule has 3 fully saturated rings. The van der Waals surface area contributed by atoms with E-state index in [-0.39, 0.29) is 34.2 Å². The Hall–Kier alpha value is -3.49. The van der Waals surface area contributed by atoms with Gasteiger partial charge in [-0.1, -0.05) is 0 Å². The molecule has 1 N–H and O–H groups in total. The predicted molar refractivity (Wildman–Crippen MR) is 135 cm³/mol. The monoisotopic (exact) mass is 509 g/mol. The summed E-state index contributed by atoms with van der Waals surface area (Å²) in [7, 11) is 0. The summed E-state index contributed by atoms with van der Waals surface area (Å²) in [6.45, 7) is 3.52. The van der Waals surface area contributed by atoms with Crippen molar-refractivity contribution in [1.29, 1.82) is 0 Å². The molecule has 2 aliphatic carbocycles. The molecule has 37 heavy (non-hydrogen) atoms. The highest BCUT2D eigenvalue weighted by atomic mass is 19.1. The molecule has 0 bridgehead atoms. The van der Waals surface area contributed by atoms with Gasteiger partial charge < -0.3 is 15.0 Å². The zero-order valence-electron chi connectivity index (χ0n) is 21.0. The molecule has 196 valence electrons. The fourth-order valence-electron chi connectivity index (χ4n) is 5.67. The quantitative estimate of drug-likeness (QED) is 0.416. The van der Waals surface area contributed by atoms with Crippen LogP contribution in [-0.4, -0.2) is 47.4 Å².